The van der Waals surface area contributed by atoms with Crippen LogP contribution in [0, 0.1) is 5.41 Å². The van der Waals surface area contributed by atoms with Gasteiger partial charge < -0.3 is 14.8 Å². The number of phenols is 1. The fourth-order valence-electron chi connectivity index (χ4n) is 3.31. The van der Waals surface area contributed by atoms with Crippen LogP contribution in [0.1, 0.15) is 43.2 Å². The first-order valence-corrected chi connectivity index (χ1v) is 7.58. The molecule has 3 heteroatoms. The summed E-state index contributed by atoms with van der Waals surface area (Å²) in [5, 5.41) is 19.6. The minimum absolute atomic E-state index is 0.154. The highest BCUT2D eigenvalue weighted by Crippen LogP contribution is 2.41. The Hall–Kier alpha value is -1.74. The Morgan fingerprint density at radius 2 is 1.90 bits per heavy atom. The molecule has 3 nitrogen and oxygen atoms in total. The molecule has 1 heterocycles. The number of hydrogen-bond acceptors (Lipinski definition) is 2. The summed E-state index contributed by atoms with van der Waals surface area (Å²) in [7, 11) is 0. The Morgan fingerprint density at radius 3 is 2.62 bits per heavy atom. The Balaban J connectivity index is 1.77. The van der Waals surface area contributed by atoms with E-state index in [2.05, 4.69) is 30.7 Å². The third-order valence-corrected chi connectivity index (χ3v) is 4.44. The van der Waals surface area contributed by atoms with E-state index in [0.29, 0.717) is 5.75 Å². The van der Waals surface area contributed by atoms with Crippen molar-refractivity contribution in [3.63, 3.8) is 0 Å². The van der Waals surface area contributed by atoms with Crippen molar-refractivity contribution in [3.05, 3.63) is 53.3 Å². The first kappa shape index (κ1) is 14.2. The summed E-state index contributed by atoms with van der Waals surface area (Å²) in [5.74, 6) is 0.307. The third kappa shape index (κ3) is 2.98. The molecule has 0 spiro atoms. The van der Waals surface area contributed by atoms with E-state index in [1.54, 1.807) is 12.1 Å². The van der Waals surface area contributed by atoms with Gasteiger partial charge in [-0.1, -0.05) is 26.0 Å². The molecule has 1 aliphatic rings. The Morgan fingerprint density at radius 1 is 1.19 bits per heavy atom. The van der Waals surface area contributed by atoms with Crippen LogP contribution in [0.4, 0.5) is 0 Å². The molecular formula is C18H23NO2. The second-order valence-corrected chi connectivity index (χ2v) is 6.89. The van der Waals surface area contributed by atoms with Gasteiger partial charge in [-0.2, -0.15) is 0 Å². The second kappa shape index (κ2) is 5.23. The maximum Gasteiger partial charge on any atom is 0.115 e. The van der Waals surface area contributed by atoms with Gasteiger partial charge in [-0.3, -0.25) is 0 Å². The van der Waals surface area contributed by atoms with Crippen molar-refractivity contribution >= 4 is 0 Å². The average Bonchev–Trinajstić information content (AvgIpc) is 2.80. The molecule has 1 aromatic heterocycles. The summed E-state index contributed by atoms with van der Waals surface area (Å²) in [4.78, 5) is 0. The Labute approximate surface area is 125 Å². The monoisotopic (exact) mass is 285 g/mol. The van der Waals surface area contributed by atoms with Crippen molar-refractivity contribution in [2.24, 2.45) is 5.41 Å². The van der Waals surface area contributed by atoms with Crippen molar-refractivity contribution in [3.8, 4) is 5.75 Å². The van der Waals surface area contributed by atoms with E-state index in [4.69, 9.17) is 0 Å². The van der Waals surface area contributed by atoms with Gasteiger partial charge >= 0.3 is 0 Å². The SMILES string of the molecule is CC1(C)Cc2c(ccn2CCc2ccc(O)cc2)C(O)C1. The van der Waals surface area contributed by atoms with Crippen molar-refractivity contribution in [2.75, 3.05) is 0 Å². The number of aromatic hydroxyl groups is 1. The molecule has 0 saturated heterocycles. The lowest BCUT2D eigenvalue weighted by atomic mass is 9.75. The molecule has 0 amide bonds. The summed E-state index contributed by atoms with van der Waals surface area (Å²) >= 11 is 0. The molecule has 2 N–H and O–H groups in total. The molecule has 3 rings (SSSR count). The van der Waals surface area contributed by atoms with Crippen LogP contribution in [-0.4, -0.2) is 14.8 Å². The second-order valence-electron chi connectivity index (χ2n) is 6.89. The highest BCUT2D eigenvalue weighted by molar-refractivity contribution is 5.30. The molecule has 112 valence electrons. The zero-order chi connectivity index (χ0) is 15.0. The number of aliphatic hydroxyl groups excluding tert-OH is 1. The molecule has 0 aliphatic heterocycles. The molecule has 0 saturated carbocycles. The highest BCUT2D eigenvalue weighted by atomic mass is 16.3. The lowest BCUT2D eigenvalue weighted by Gasteiger charge is -2.34. The van der Waals surface area contributed by atoms with Gasteiger partial charge in [0, 0.05) is 24.0 Å². The fourth-order valence-corrected chi connectivity index (χ4v) is 3.31. The molecule has 0 bridgehead atoms. The Bertz CT molecular complexity index is 625. The van der Waals surface area contributed by atoms with E-state index in [-0.39, 0.29) is 11.5 Å². The van der Waals surface area contributed by atoms with Gasteiger partial charge in [-0.15, -0.1) is 0 Å². The predicted molar refractivity (Wildman–Crippen MR) is 83.3 cm³/mol. The normalized spacial score (nSPS) is 20.2. The number of hydrogen-bond donors (Lipinski definition) is 2. The number of nitrogens with zero attached hydrogens (tertiary/aromatic N) is 1. The van der Waals surface area contributed by atoms with E-state index in [1.165, 1.54) is 11.3 Å². The van der Waals surface area contributed by atoms with Crippen LogP contribution >= 0.6 is 0 Å². The molecule has 1 aromatic carbocycles. The zero-order valence-electron chi connectivity index (χ0n) is 12.7. The molecular weight excluding hydrogens is 262 g/mol. The number of phenolic OH excluding ortho intramolecular Hbond substituents is 1. The van der Waals surface area contributed by atoms with Gasteiger partial charge in [0.2, 0.25) is 0 Å². The maximum absolute atomic E-state index is 10.3. The van der Waals surface area contributed by atoms with Gasteiger partial charge in [0.1, 0.15) is 5.75 Å². The fraction of sp³-hybridized carbons (Fsp3) is 0.444. The lowest BCUT2D eigenvalue weighted by molar-refractivity contribution is 0.0979. The zero-order valence-corrected chi connectivity index (χ0v) is 12.7. The van der Waals surface area contributed by atoms with Crippen LogP contribution in [0.2, 0.25) is 0 Å². The highest BCUT2D eigenvalue weighted by Gasteiger charge is 2.32. The molecule has 21 heavy (non-hydrogen) atoms. The molecule has 0 radical (unpaired) electrons. The quantitative estimate of drug-likeness (QED) is 0.907. The van der Waals surface area contributed by atoms with Gasteiger partial charge in [0.25, 0.3) is 0 Å². The number of fused-ring (bicyclic) bond motifs is 1. The molecule has 1 atom stereocenters. The van der Waals surface area contributed by atoms with E-state index in [9.17, 15) is 10.2 Å². The van der Waals surface area contributed by atoms with Crippen LogP contribution in [0.25, 0.3) is 0 Å². The molecule has 0 fully saturated rings. The van der Waals surface area contributed by atoms with Gasteiger partial charge in [-0.05, 0) is 48.4 Å². The van der Waals surface area contributed by atoms with Crippen molar-refractivity contribution < 1.29 is 10.2 Å². The average molecular weight is 285 g/mol. The van der Waals surface area contributed by atoms with Crippen LogP contribution in [0.15, 0.2) is 36.5 Å². The summed E-state index contributed by atoms with van der Waals surface area (Å²) in [6, 6.07) is 9.45. The maximum atomic E-state index is 10.3. The standard InChI is InChI=1S/C18H23NO2/c1-18(2)11-16-15(17(21)12-18)8-10-19(16)9-7-13-3-5-14(20)6-4-13/h3-6,8,10,17,20-21H,7,9,11-12H2,1-2H3. The smallest absolute Gasteiger partial charge is 0.115 e. The molecule has 1 unspecified atom stereocenters. The van der Waals surface area contributed by atoms with Crippen molar-refractivity contribution in [2.45, 2.75) is 45.8 Å². The minimum atomic E-state index is -0.335. The number of aromatic nitrogens is 1. The van der Waals surface area contributed by atoms with E-state index in [1.807, 2.05) is 12.1 Å². The molecule has 1 aliphatic carbocycles. The predicted octanol–water partition coefficient (Wildman–Crippen LogP) is 3.44. The van der Waals surface area contributed by atoms with Crippen LogP contribution < -0.4 is 0 Å². The summed E-state index contributed by atoms with van der Waals surface area (Å²) < 4.78 is 2.27. The van der Waals surface area contributed by atoms with E-state index >= 15 is 0 Å². The van der Waals surface area contributed by atoms with Gasteiger partial charge in [0.05, 0.1) is 6.10 Å². The number of rotatable bonds is 3. The molecule has 2 aromatic rings. The van der Waals surface area contributed by atoms with E-state index in [0.717, 1.165) is 31.4 Å². The first-order valence-electron chi connectivity index (χ1n) is 7.58. The van der Waals surface area contributed by atoms with Gasteiger partial charge in [0.15, 0.2) is 0 Å². The van der Waals surface area contributed by atoms with Crippen LogP contribution in [0.5, 0.6) is 5.75 Å². The summed E-state index contributed by atoms with van der Waals surface area (Å²) in [6.07, 6.45) is 4.54. The summed E-state index contributed by atoms with van der Waals surface area (Å²) in [5.41, 5.74) is 3.74. The van der Waals surface area contributed by atoms with Crippen LogP contribution in [0.3, 0.4) is 0 Å². The minimum Gasteiger partial charge on any atom is -0.508 e. The van der Waals surface area contributed by atoms with Gasteiger partial charge in [-0.25, -0.2) is 0 Å². The van der Waals surface area contributed by atoms with Crippen LogP contribution in [-0.2, 0) is 19.4 Å². The lowest BCUT2D eigenvalue weighted by Crippen LogP contribution is -2.26. The van der Waals surface area contributed by atoms with Crippen molar-refractivity contribution in [1.29, 1.82) is 0 Å². The number of aliphatic hydroxyl groups is 1. The first-order chi connectivity index (χ1) is 9.94. The summed E-state index contributed by atoms with van der Waals surface area (Å²) in [6.45, 7) is 5.34. The topological polar surface area (TPSA) is 45.4 Å². The third-order valence-electron chi connectivity index (χ3n) is 4.44. The number of benzene rings is 1. The number of aryl methyl sites for hydroxylation is 2. The van der Waals surface area contributed by atoms with Crippen molar-refractivity contribution in [1.82, 2.24) is 4.57 Å². The largest absolute Gasteiger partial charge is 0.508 e. The van der Waals surface area contributed by atoms with E-state index < -0.39 is 0 Å². The Kier molecular flexibility index (Phi) is 3.54.